The van der Waals surface area contributed by atoms with Crippen LogP contribution in [0.5, 0.6) is 11.5 Å². The molecule has 0 saturated heterocycles. The van der Waals surface area contributed by atoms with Crippen molar-refractivity contribution in [3.8, 4) is 11.5 Å². The third-order valence-corrected chi connectivity index (χ3v) is 3.56. The van der Waals surface area contributed by atoms with Gasteiger partial charge in [-0.25, -0.2) is 0 Å². The molecule has 8 heteroatoms. The van der Waals surface area contributed by atoms with Gasteiger partial charge in [0.1, 0.15) is 11.5 Å². The molecule has 7 nitrogen and oxygen atoms in total. The van der Waals surface area contributed by atoms with E-state index in [1.165, 1.54) is 0 Å². The number of methoxy groups -OCH3 is 1. The number of primary amides is 1. The first kappa shape index (κ1) is 22.4. The number of nitrogens with one attached hydrogen (secondary N) is 2. The van der Waals surface area contributed by atoms with E-state index in [-0.39, 0.29) is 18.3 Å². The lowest BCUT2D eigenvalue weighted by Crippen LogP contribution is -2.33. The maximum atomic E-state index is 12.1. The summed E-state index contributed by atoms with van der Waals surface area (Å²) in [6, 6.07) is 13.3. The highest BCUT2D eigenvalue weighted by Crippen LogP contribution is 2.22. The van der Waals surface area contributed by atoms with E-state index < -0.39 is 5.91 Å². The average molecular weight is 394 g/mol. The summed E-state index contributed by atoms with van der Waals surface area (Å²) in [5.74, 6) is 0.542. The predicted octanol–water partition coefficient (Wildman–Crippen LogP) is 1.97. The van der Waals surface area contributed by atoms with Crippen LogP contribution in [-0.2, 0) is 4.74 Å². The van der Waals surface area contributed by atoms with Gasteiger partial charge in [0, 0.05) is 37.9 Å². The van der Waals surface area contributed by atoms with Gasteiger partial charge in [0.2, 0.25) is 5.91 Å². The van der Waals surface area contributed by atoms with Gasteiger partial charge in [-0.2, -0.15) is 0 Å². The molecule has 0 unspecified atom stereocenters. The molecule has 0 heterocycles. The monoisotopic (exact) mass is 393 g/mol. The summed E-state index contributed by atoms with van der Waals surface area (Å²) >= 11 is 0. The molecule has 0 atom stereocenters. The number of amides is 2. The molecule has 0 bridgehead atoms. The minimum absolute atomic E-state index is 0. The lowest BCUT2D eigenvalue weighted by atomic mass is 10.2. The number of rotatable bonds is 10. The first-order valence-corrected chi connectivity index (χ1v) is 8.26. The Morgan fingerprint density at radius 2 is 1.44 bits per heavy atom. The van der Waals surface area contributed by atoms with Crippen molar-refractivity contribution in [2.75, 3.05) is 33.4 Å². The van der Waals surface area contributed by atoms with Gasteiger partial charge in [0.05, 0.1) is 6.61 Å². The fraction of sp³-hybridized carbons (Fsp3) is 0.263. The number of hydrogen-bond donors (Lipinski definition) is 3. The van der Waals surface area contributed by atoms with Crippen molar-refractivity contribution in [3.63, 3.8) is 0 Å². The highest BCUT2D eigenvalue weighted by Gasteiger charge is 2.06. The van der Waals surface area contributed by atoms with E-state index in [1.54, 1.807) is 55.6 Å². The maximum Gasteiger partial charge on any atom is 0.251 e. The van der Waals surface area contributed by atoms with Gasteiger partial charge in [-0.3, -0.25) is 9.59 Å². The predicted molar refractivity (Wildman–Crippen MR) is 106 cm³/mol. The van der Waals surface area contributed by atoms with Crippen molar-refractivity contribution in [2.45, 2.75) is 0 Å². The molecule has 0 radical (unpaired) electrons. The Labute approximate surface area is 164 Å². The van der Waals surface area contributed by atoms with E-state index in [4.69, 9.17) is 15.2 Å². The molecule has 0 aromatic heterocycles. The van der Waals surface area contributed by atoms with Crippen LogP contribution in [0.3, 0.4) is 0 Å². The van der Waals surface area contributed by atoms with Gasteiger partial charge in [-0.1, -0.05) is 0 Å². The van der Waals surface area contributed by atoms with Crippen molar-refractivity contribution in [3.05, 3.63) is 59.7 Å². The van der Waals surface area contributed by atoms with Crippen LogP contribution in [0, 0.1) is 0 Å². The Bertz CT molecular complexity index is 721. The normalized spacial score (nSPS) is 9.96. The van der Waals surface area contributed by atoms with Crippen molar-refractivity contribution < 1.29 is 19.1 Å². The average Bonchev–Trinajstić information content (AvgIpc) is 2.65. The van der Waals surface area contributed by atoms with Gasteiger partial charge in [0.25, 0.3) is 5.91 Å². The topological polar surface area (TPSA) is 103 Å². The number of carbonyl (C=O) groups is 2. The zero-order chi connectivity index (χ0) is 18.8. The maximum absolute atomic E-state index is 12.1. The summed E-state index contributed by atoms with van der Waals surface area (Å²) in [7, 11) is 1.65. The fourth-order valence-electron chi connectivity index (χ4n) is 2.16. The first-order valence-electron chi connectivity index (χ1n) is 8.26. The molecule has 0 aliphatic carbocycles. The summed E-state index contributed by atoms with van der Waals surface area (Å²) in [5.41, 5.74) is 6.17. The van der Waals surface area contributed by atoms with Crippen molar-refractivity contribution in [1.82, 2.24) is 10.6 Å². The second-order valence-corrected chi connectivity index (χ2v) is 5.51. The highest BCUT2D eigenvalue weighted by atomic mass is 35.5. The number of halogens is 1. The van der Waals surface area contributed by atoms with Crippen LogP contribution < -0.4 is 21.1 Å². The fourth-order valence-corrected chi connectivity index (χ4v) is 2.16. The van der Waals surface area contributed by atoms with Crippen LogP contribution in [0.1, 0.15) is 20.7 Å². The van der Waals surface area contributed by atoms with Gasteiger partial charge >= 0.3 is 0 Å². The van der Waals surface area contributed by atoms with E-state index in [9.17, 15) is 9.59 Å². The second-order valence-electron chi connectivity index (χ2n) is 5.51. The van der Waals surface area contributed by atoms with Crippen molar-refractivity contribution >= 4 is 24.2 Å². The molecular formula is C19H24ClN3O4. The molecule has 0 fully saturated rings. The van der Waals surface area contributed by atoms with Crippen molar-refractivity contribution in [2.24, 2.45) is 5.73 Å². The minimum Gasteiger partial charge on any atom is -0.457 e. The Kier molecular flexibility index (Phi) is 9.89. The van der Waals surface area contributed by atoms with Gasteiger partial charge in [-0.05, 0) is 48.5 Å². The van der Waals surface area contributed by atoms with E-state index in [0.29, 0.717) is 42.3 Å². The van der Waals surface area contributed by atoms with E-state index in [2.05, 4.69) is 10.6 Å². The molecule has 0 aliphatic rings. The van der Waals surface area contributed by atoms with Crippen molar-refractivity contribution in [1.29, 1.82) is 0 Å². The summed E-state index contributed by atoms with van der Waals surface area (Å²) in [6.07, 6.45) is 0. The number of benzene rings is 2. The molecule has 2 amide bonds. The molecule has 2 aromatic rings. The number of ether oxygens (including phenoxy) is 2. The lowest BCUT2D eigenvalue weighted by molar-refractivity contribution is 0.0952. The molecule has 0 saturated carbocycles. The quantitative estimate of drug-likeness (QED) is 0.535. The molecule has 2 rings (SSSR count). The summed E-state index contributed by atoms with van der Waals surface area (Å²) in [5, 5.41) is 5.99. The third kappa shape index (κ3) is 7.65. The summed E-state index contributed by atoms with van der Waals surface area (Å²) in [4.78, 5) is 23.1. The standard InChI is InChI=1S/C19H23N3O4.ClH/c1-25-13-12-21-10-11-22-19(24)15-4-8-17(9-5-15)26-16-6-2-14(3-7-16)18(20)23;/h2-9,21H,10-13H2,1H3,(H2,20,23)(H,22,24);1H. The van der Waals surface area contributed by atoms with E-state index in [1.807, 2.05) is 0 Å². The zero-order valence-electron chi connectivity index (χ0n) is 15.1. The smallest absolute Gasteiger partial charge is 0.251 e. The van der Waals surface area contributed by atoms with Crippen LogP contribution in [-0.4, -0.2) is 45.2 Å². The van der Waals surface area contributed by atoms with Crippen LogP contribution in [0.2, 0.25) is 0 Å². The molecular weight excluding hydrogens is 370 g/mol. The van der Waals surface area contributed by atoms with Crippen LogP contribution >= 0.6 is 12.4 Å². The van der Waals surface area contributed by atoms with Crippen LogP contribution in [0.25, 0.3) is 0 Å². The zero-order valence-corrected chi connectivity index (χ0v) is 15.9. The summed E-state index contributed by atoms with van der Waals surface area (Å²) in [6.45, 7) is 2.60. The van der Waals surface area contributed by atoms with Gasteiger partial charge in [0.15, 0.2) is 0 Å². The van der Waals surface area contributed by atoms with Gasteiger partial charge < -0.3 is 25.8 Å². The first-order chi connectivity index (χ1) is 12.6. The molecule has 146 valence electrons. The summed E-state index contributed by atoms with van der Waals surface area (Å²) < 4.78 is 10.6. The molecule has 2 aromatic carbocycles. The number of hydrogen-bond acceptors (Lipinski definition) is 5. The van der Waals surface area contributed by atoms with E-state index in [0.717, 1.165) is 6.54 Å². The minimum atomic E-state index is -0.485. The molecule has 4 N–H and O–H groups in total. The second kappa shape index (κ2) is 11.9. The number of nitrogens with two attached hydrogens (primary N) is 1. The van der Waals surface area contributed by atoms with Crippen LogP contribution in [0.4, 0.5) is 0 Å². The molecule has 0 spiro atoms. The van der Waals surface area contributed by atoms with E-state index >= 15 is 0 Å². The Balaban J connectivity index is 0.00000364. The third-order valence-electron chi connectivity index (χ3n) is 3.56. The Morgan fingerprint density at radius 3 is 1.96 bits per heavy atom. The largest absolute Gasteiger partial charge is 0.457 e. The van der Waals surface area contributed by atoms with Crippen LogP contribution in [0.15, 0.2) is 48.5 Å². The molecule has 0 aliphatic heterocycles. The molecule has 27 heavy (non-hydrogen) atoms. The number of carbonyl (C=O) groups excluding carboxylic acids is 2. The van der Waals surface area contributed by atoms with Gasteiger partial charge in [-0.15, -0.1) is 12.4 Å². The highest BCUT2D eigenvalue weighted by molar-refractivity contribution is 5.94. The lowest BCUT2D eigenvalue weighted by Gasteiger charge is -2.08. The Hall–Kier alpha value is -2.61. The SMILES string of the molecule is COCCNCCNC(=O)c1ccc(Oc2ccc(C(N)=O)cc2)cc1.Cl. The Morgan fingerprint density at radius 1 is 0.889 bits per heavy atom.